The summed E-state index contributed by atoms with van der Waals surface area (Å²) >= 11 is 1.76. The van der Waals surface area contributed by atoms with Crippen LogP contribution in [0.1, 0.15) is 5.82 Å². The summed E-state index contributed by atoms with van der Waals surface area (Å²) in [4.78, 5) is 7.76. The highest BCUT2D eigenvalue weighted by molar-refractivity contribution is 7.98. The zero-order valence-corrected chi connectivity index (χ0v) is 13.1. The Bertz CT molecular complexity index is 675. The molecule has 1 heterocycles. The van der Waals surface area contributed by atoms with Crippen molar-refractivity contribution in [1.82, 2.24) is 15.3 Å². The lowest BCUT2D eigenvalue weighted by Crippen LogP contribution is -2.31. The van der Waals surface area contributed by atoms with E-state index in [1.807, 2.05) is 24.3 Å². The average Bonchev–Trinajstić information content (AvgIpc) is 2.78. The van der Waals surface area contributed by atoms with Crippen molar-refractivity contribution in [2.45, 2.75) is 5.75 Å². The summed E-state index contributed by atoms with van der Waals surface area (Å²) < 4.78 is 31.6. The molecule has 0 aliphatic rings. The van der Waals surface area contributed by atoms with Crippen LogP contribution >= 0.6 is 11.8 Å². The minimum atomic E-state index is -4.67. The Labute approximate surface area is 131 Å². The molecule has 22 heavy (non-hydrogen) atoms. The maximum absolute atomic E-state index is 8.74. The van der Waals surface area contributed by atoms with Crippen LogP contribution in [-0.2, 0) is 16.2 Å². The van der Waals surface area contributed by atoms with E-state index in [0.29, 0.717) is 6.54 Å². The molecule has 0 spiro atoms. The molecule has 2 aromatic rings. The Morgan fingerprint density at radius 2 is 2.05 bits per heavy atom. The summed E-state index contributed by atoms with van der Waals surface area (Å²) in [5.74, 6) is 2.75. The normalized spacial score (nSPS) is 10.8. The standard InChI is InChI=1S/C11H15N5S.H2O4S/c12-11(13)14-5-6-17-7-10-15-8-3-1-2-4-9(8)16-10;1-5(2,3)4/h1-4H,5-7H2,(H,15,16)(H4,12,13,14);(H2,1,2,3,4). The number of nitrogens with one attached hydrogen (secondary N) is 3. The van der Waals surface area contributed by atoms with Crippen LogP contribution in [0, 0.1) is 5.41 Å². The number of guanidine groups is 1. The van der Waals surface area contributed by atoms with Gasteiger partial charge in [-0.05, 0) is 12.1 Å². The van der Waals surface area contributed by atoms with E-state index in [0.717, 1.165) is 28.4 Å². The molecule has 122 valence electrons. The molecule has 0 aliphatic carbocycles. The summed E-state index contributed by atoms with van der Waals surface area (Å²) in [7, 11) is -4.67. The third kappa shape index (κ3) is 8.46. The predicted molar refractivity (Wildman–Crippen MR) is 86.3 cm³/mol. The van der Waals surface area contributed by atoms with Gasteiger partial charge in [-0.25, -0.2) is 4.98 Å². The van der Waals surface area contributed by atoms with Crippen molar-refractivity contribution in [1.29, 1.82) is 5.41 Å². The Hall–Kier alpha value is -1.82. The molecule has 0 fully saturated rings. The Kier molecular flexibility index (Phi) is 7.11. The molecule has 0 saturated heterocycles. The summed E-state index contributed by atoms with van der Waals surface area (Å²) in [6.07, 6.45) is 0. The van der Waals surface area contributed by atoms with Crippen LogP contribution in [0.25, 0.3) is 11.0 Å². The molecule has 9 nitrogen and oxygen atoms in total. The van der Waals surface area contributed by atoms with Gasteiger partial charge in [-0.3, -0.25) is 14.5 Å². The molecule has 7 N–H and O–H groups in total. The summed E-state index contributed by atoms with van der Waals surface area (Å²) in [5, 5.41) is 9.77. The van der Waals surface area contributed by atoms with Crippen molar-refractivity contribution >= 4 is 39.2 Å². The summed E-state index contributed by atoms with van der Waals surface area (Å²) in [5.41, 5.74) is 7.26. The largest absolute Gasteiger partial charge is 0.394 e. The van der Waals surface area contributed by atoms with Crippen molar-refractivity contribution in [3.63, 3.8) is 0 Å². The van der Waals surface area contributed by atoms with Crippen LogP contribution in [0.3, 0.4) is 0 Å². The zero-order chi connectivity index (χ0) is 16.6. The summed E-state index contributed by atoms with van der Waals surface area (Å²) in [6, 6.07) is 8.00. The van der Waals surface area contributed by atoms with Crippen LogP contribution in [0.4, 0.5) is 0 Å². The zero-order valence-electron chi connectivity index (χ0n) is 11.5. The van der Waals surface area contributed by atoms with Gasteiger partial charge in [0.2, 0.25) is 0 Å². The second kappa shape index (κ2) is 8.58. The fourth-order valence-corrected chi connectivity index (χ4v) is 2.22. The number of H-pyrrole nitrogens is 1. The number of fused-ring (bicyclic) bond motifs is 1. The van der Waals surface area contributed by atoms with Crippen molar-refractivity contribution in [3.05, 3.63) is 30.1 Å². The highest BCUT2D eigenvalue weighted by atomic mass is 32.3. The lowest BCUT2D eigenvalue weighted by Gasteiger charge is -2.01. The second-order valence-corrected chi connectivity index (χ2v) is 6.04. The Morgan fingerprint density at radius 1 is 1.41 bits per heavy atom. The van der Waals surface area contributed by atoms with Crippen molar-refractivity contribution in [2.75, 3.05) is 12.3 Å². The van der Waals surface area contributed by atoms with Crippen LogP contribution in [0.2, 0.25) is 0 Å². The highest BCUT2D eigenvalue weighted by Crippen LogP contribution is 2.14. The van der Waals surface area contributed by atoms with Crippen LogP contribution < -0.4 is 11.1 Å². The van der Waals surface area contributed by atoms with E-state index < -0.39 is 10.4 Å². The molecule has 0 aliphatic heterocycles. The van der Waals surface area contributed by atoms with Crippen molar-refractivity contribution in [3.8, 4) is 0 Å². The van der Waals surface area contributed by atoms with Crippen LogP contribution in [-0.4, -0.2) is 45.7 Å². The third-order valence-corrected chi connectivity index (χ3v) is 3.21. The first kappa shape index (κ1) is 18.2. The number of hydrogen-bond donors (Lipinski definition) is 6. The minimum absolute atomic E-state index is 0.0225. The highest BCUT2D eigenvalue weighted by Gasteiger charge is 2.01. The fraction of sp³-hybridized carbons (Fsp3) is 0.273. The van der Waals surface area contributed by atoms with E-state index in [1.54, 1.807) is 11.8 Å². The lowest BCUT2D eigenvalue weighted by molar-refractivity contribution is 0.381. The number of hydrogen-bond acceptors (Lipinski definition) is 5. The van der Waals surface area contributed by atoms with Crippen LogP contribution in [0.5, 0.6) is 0 Å². The number of aromatic nitrogens is 2. The van der Waals surface area contributed by atoms with Gasteiger partial charge in [0, 0.05) is 12.3 Å². The topological polar surface area (TPSA) is 165 Å². The smallest absolute Gasteiger partial charge is 0.370 e. The van der Waals surface area contributed by atoms with Gasteiger partial charge in [0.25, 0.3) is 0 Å². The first-order chi connectivity index (χ1) is 10.3. The van der Waals surface area contributed by atoms with Gasteiger partial charge in [-0.1, -0.05) is 12.1 Å². The Morgan fingerprint density at radius 3 is 2.64 bits per heavy atom. The average molecular weight is 347 g/mol. The van der Waals surface area contributed by atoms with Gasteiger partial charge in [-0.2, -0.15) is 20.2 Å². The molecule has 0 bridgehead atoms. The molecule has 1 aromatic carbocycles. The molecule has 0 unspecified atom stereocenters. The molecule has 0 radical (unpaired) electrons. The second-order valence-electron chi connectivity index (χ2n) is 4.04. The number of nitrogens with zero attached hydrogens (tertiary/aromatic N) is 1. The number of benzene rings is 1. The van der Waals surface area contributed by atoms with Crippen molar-refractivity contribution < 1.29 is 17.5 Å². The molecule has 0 atom stereocenters. The first-order valence-electron chi connectivity index (χ1n) is 6.05. The molecule has 1 aromatic heterocycles. The quantitative estimate of drug-likeness (QED) is 0.198. The number of nitrogens with two attached hydrogens (primary N) is 1. The van der Waals surface area contributed by atoms with Gasteiger partial charge in [0.05, 0.1) is 16.8 Å². The third-order valence-electron chi connectivity index (χ3n) is 2.24. The maximum Gasteiger partial charge on any atom is 0.394 e. The molecule has 2 rings (SSSR count). The molecular weight excluding hydrogens is 330 g/mol. The van der Waals surface area contributed by atoms with Gasteiger partial charge in [-0.15, -0.1) is 0 Å². The van der Waals surface area contributed by atoms with E-state index in [4.69, 9.17) is 28.7 Å². The lowest BCUT2D eigenvalue weighted by atomic mass is 10.3. The number of imidazole rings is 1. The number of para-hydroxylation sites is 2. The van der Waals surface area contributed by atoms with E-state index in [-0.39, 0.29) is 5.96 Å². The minimum Gasteiger partial charge on any atom is -0.370 e. The SMILES string of the molecule is N=C(N)NCCSCc1nc2ccccc2[nH]1.O=S(=O)(O)O. The fourth-order valence-electron chi connectivity index (χ4n) is 1.50. The van der Waals surface area contributed by atoms with E-state index in [1.165, 1.54) is 0 Å². The monoisotopic (exact) mass is 347 g/mol. The van der Waals surface area contributed by atoms with Gasteiger partial charge in [0.1, 0.15) is 5.82 Å². The molecule has 0 saturated carbocycles. The molecule has 0 amide bonds. The van der Waals surface area contributed by atoms with E-state index in [2.05, 4.69) is 15.3 Å². The molecule has 11 heteroatoms. The van der Waals surface area contributed by atoms with E-state index in [9.17, 15) is 0 Å². The van der Waals surface area contributed by atoms with Gasteiger partial charge < -0.3 is 16.0 Å². The van der Waals surface area contributed by atoms with Gasteiger partial charge >= 0.3 is 10.4 Å². The van der Waals surface area contributed by atoms with Crippen LogP contribution in [0.15, 0.2) is 24.3 Å². The molecular formula is C11H17N5O4S2. The number of thioether (sulfide) groups is 1. The number of aromatic amines is 1. The maximum atomic E-state index is 8.74. The predicted octanol–water partition coefficient (Wildman–Crippen LogP) is 0.626. The van der Waals surface area contributed by atoms with E-state index >= 15 is 0 Å². The van der Waals surface area contributed by atoms with Crippen molar-refractivity contribution in [2.24, 2.45) is 5.73 Å². The Balaban J connectivity index is 0.000000422. The first-order valence-corrected chi connectivity index (χ1v) is 8.60. The van der Waals surface area contributed by atoms with Gasteiger partial charge in [0.15, 0.2) is 5.96 Å². The summed E-state index contributed by atoms with van der Waals surface area (Å²) in [6.45, 7) is 0.709. The number of rotatable bonds is 5.